The minimum Gasteiger partial charge on any atom is -0.493 e. The third-order valence-corrected chi connectivity index (χ3v) is 8.00. The quantitative estimate of drug-likeness (QED) is 0.237. The van der Waals surface area contributed by atoms with Crippen LogP contribution in [0.25, 0.3) is 22.2 Å². The Bertz CT molecular complexity index is 1750. The lowest BCUT2D eigenvalue weighted by molar-refractivity contribution is -0.192. The van der Waals surface area contributed by atoms with Crippen LogP contribution in [0, 0.1) is 11.3 Å². The van der Waals surface area contributed by atoms with Gasteiger partial charge in [0.2, 0.25) is 0 Å². The zero-order valence-corrected chi connectivity index (χ0v) is 26.2. The predicted molar refractivity (Wildman–Crippen MR) is 162 cm³/mol. The van der Waals surface area contributed by atoms with Crippen molar-refractivity contribution in [3.8, 4) is 28.8 Å². The molecule has 238 valence electrons. The molecular weight excluding hydrogens is 638 g/mol. The predicted octanol–water partition coefficient (Wildman–Crippen LogP) is 6.12. The zero-order chi connectivity index (χ0) is 33.3. The van der Waals surface area contributed by atoms with Crippen LogP contribution >= 0.6 is 23.2 Å². The van der Waals surface area contributed by atoms with E-state index in [2.05, 4.69) is 57.1 Å². The van der Waals surface area contributed by atoms with Crippen LogP contribution in [0.1, 0.15) is 31.1 Å². The molecule has 16 heteroatoms. The highest BCUT2D eigenvalue weighted by Crippen LogP contribution is 2.40. The van der Waals surface area contributed by atoms with E-state index < -0.39 is 18.2 Å². The first kappa shape index (κ1) is 33.6. The number of nitriles is 1. The van der Waals surface area contributed by atoms with Crippen molar-refractivity contribution in [1.29, 1.82) is 5.26 Å². The second kappa shape index (κ2) is 13.0. The van der Waals surface area contributed by atoms with E-state index in [9.17, 15) is 18.4 Å². The number of ether oxygens (including phenoxy) is 2. The highest BCUT2D eigenvalue weighted by atomic mass is 35.5. The van der Waals surface area contributed by atoms with E-state index in [1.165, 1.54) is 12.4 Å². The molecule has 1 aliphatic rings. The second-order valence-electron chi connectivity index (χ2n) is 10.7. The summed E-state index contributed by atoms with van der Waals surface area (Å²) in [6, 6.07) is 7.80. The van der Waals surface area contributed by atoms with Crippen LogP contribution in [0.4, 0.5) is 19.0 Å². The number of nitrogens with zero attached hydrogens (tertiary/aromatic N) is 6. The summed E-state index contributed by atoms with van der Waals surface area (Å²) in [5.41, 5.74) is 3.31. The lowest BCUT2D eigenvalue weighted by Gasteiger charge is -2.52. The van der Waals surface area contributed by atoms with Gasteiger partial charge in [-0.25, -0.2) is 9.78 Å². The average molecular weight is 666 g/mol. The number of methoxy groups -OCH3 is 1. The largest absolute Gasteiger partial charge is 0.493 e. The number of halogens is 5. The molecule has 0 unspecified atom stereocenters. The summed E-state index contributed by atoms with van der Waals surface area (Å²) in [6.07, 6.45) is -0.750. The molecule has 1 aliphatic heterocycles. The van der Waals surface area contributed by atoms with E-state index in [1.807, 2.05) is 25.1 Å². The third kappa shape index (κ3) is 7.00. The number of anilines is 1. The number of aromatic nitrogens is 4. The van der Waals surface area contributed by atoms with E-state index in [-0.39, 0.29) is 5.54 Å². The van der Waals surface area contributed by atoms with Crippen molar-refractivity contribution in [2.45, 2.75) is 31.7 Å². The van der Waals surface area contributed by atoms with Gasteiger partial charge in [0, 0.05) is 54.3 Å². The Morgan fingerprint density at radius 3 is 2.33 bits per heavy atom. The number of hydrogen-bond donors (Lipinski definition) is 2. The first-order valence-electron chi connectivity index (χ1n) is 13.2. The maximum absolute atomic E-state index is 10.6. The Morgan fingerprint density at radius 2 is 1.80 bits per heavy atom. The molecule has 1 atom stereocenters. The summed E-state index contributed by atoms with van der Waals surface area (Å²) in [5, 5.41) is 26.2. The Balaban J connectivity index is 0.000000591. The molecule has 3 aromatic heterocycles. The number of rotatable bonds is 7. The Labute approximate surface area is 266 Å². The summed E-state index contributed by atoms with van der Waals surface area (Å²) < 4.78 is 43.6. The van der Waals surface area contributed by atoms with Crippen LogP contribution in [0.5, 0.6) is 11.5 Å². The van der Waals surface area contributed by atoms with Gasteiger partial charge in [-0.05, 0) is 40.1 Å². The molecule has 1 fully saturated rings. The Kier molecular flexibility index (Phi) is 9.67. The van der Waals surface area contributed by atoms with E-state index >= 15 is 0 Å². The fourth-order valence-corrected chi connectivity index (χ4v) is 5.36. The monoisotopic (exact) mass is 665 g/mol. The molecular formula is C29H28Cl2F3N7O4. The number of hydrogen-bond acceptors (Lipinski definition) is 9. The fourth-order valence-electron chi connectivity index (χ4n) is 4.69. The highest BCUT2D eigenvalue weighted by Gasteiger charge is 2.42. The summed E-state index contributed by atoms with van der Waals surface area (Å²) in [4.78, 5) is 21.9. The average Bonchev–Trinajstić information content (AvgIpc) is 3.37. The number of pyridine rings is 2. The van der Waals surface area contributed by atoms with E-state index in [0.717, 1.165) is 29.6 Å². The third-order valence-electron chi connectivity index (χ3n) is 7.39. The maximum atomic E-state index is 10.6. The Hall–Kier alpha value is -4.32. The van der Waals surface area contributed by atoms with Crippen LogP contribution in [-0.2, 0) is 4.79 Å². The smallest absolute Gasteiger partial charge is 0.490 e. The van der Waals surface area contributed by atoms with Gasteiger partial charge in [0.25, 0.3) is 0 Å². The molecule has 0 amide bonds. The van der Waals surface area contributed by atoms with Crippen LogP contribution < -0.4 is 14.4 Å². The standard InChI is InChI=1S/C27H27Cl2N7O2.C2HF3O2/c1-15(24-19(28)11-31-12-20(24)29)38-23-7-18-21(8-22(23)37-5)33-34-25(18)17-6-16(9-30)26(32-10-17)36-13-27(2,14-36)35(3)4;3-2(4,5)1(6)7/h6-8,10-12,15H,13-14H2,1-5H3,(H,33,34);(H,6,7)/t15-;/m1./s1. The molecule has 5 rings (SSSR count). The number of carboxylic acids is 1. The summed E-state index contributed by atoms with van der Waals surface area (Å²) >= 11 is 12.7. The second-order valence-corrected chi connectivity index (χ2v) is 11.5. The molecule has 0 bridgehead atoms. The van der Waals surface area contributed by atoms with Crippen LogP contribution in [0.2, 0.25) is 10.0 Å². The normalized spacial score (nSPS) is 14.7. The molecule has 4 heterocycles. The number of aromatic amines is 1. The van der Waals surface area contributed by atoms with Crippen molar-refractivity contribution in [3.63, 3.8) is 0 Å². The van der Waals surface area contributed by atoms with Gasteiger partial charge in [-0.2, -0.15) is 23.5 Å². The zero-order valence-electron chi connectivity index (χ0n) is 24.7. The number of fused-ring (bicyclic) bond motifs is 1. The van der Waals surface area contributed by atoms with Gasteiger partial charge in [0.15, 0.2) is 11.5 Å². The van der Waals surface area contributed by atoms with Crippen molar-refractivity contribution in [2.24, 2.45) is 0 Å². The first-order valence-corrected chi connectivity index (χ1v) is 14.0. The molecule has 45 heavy (non-hydrogen) atoms. The van der Waals surface area contributed by atoms with Gasteiger partial charge in [0.1, 0.15) is 23.7 Å². The molecule has 0 radical (unpaired) electrons. The van der Waals surface area contributed by atoms with Gasteiger partial charge in [0.05, 0.1) is 33.8 Å². The topological polar surface area (TPSA) is 140 Å². The molecule has 0 saturated carbocycles. The van der Waals surface area contributed by atoms with Gasteiger partial charge in [-0.1, -0.05) is 23.2 Å². The number of aliphatic carboxylic acids is 1. The summed E-state index contributed by atoms with van der Waals surface area (Å²) in [6.45, 7) is 5.66. The van der Waals surface area contributed by atoms with Crippen molar-refractivity contribution in [1.82, 2.24) is 25.1 Å². The first-order chi connectivity index (χ1) is 21.1. The van der Waals surface area contributed by atoms with Gasteiger partial charge < -0.3 is 24.4 Å². The van der Waals surface area contributed by atoms with Gasteiger partial charge in [-0.15, -0.1) is 0 Å². The van der Waals surface area contributed by atoms with E-state index in [1.54, 1.807) is 13.3 Å². The summed E-state index contributed by atoms with van der Waals surface area (Å²) in [5.74, 6) is -1.06. The van der Waals surface area contributed by atoms with Crippen LogP contribution in [0.15, 0.2) is 36.8 Å². The minimum absolute atomic E-state index is 0.0583. The van der Waals surface area contributed by atoms with Gasteiger partial charge in [-0.3, -0.25) is 10.1 Å². The van der Waals surface area contributed by atoms with Crippen LogP contribution in [0.3, 0.4) is 0 Å². The number of carbonyl (C=O) groups is 1. The molecule has 0 spiro atoms. The Morgan fingerprint density at radius 1 is 1.18 bits per heavy atom. The molecule has 1 saturated heterocycles. The SMILES string of the molecule is COc1cc2[nH]nc(-c3cnc(N4CC(C)(N(C)C)C4)c(C#N)c3)c2cc1O[C@H](C)c1c(Cl)cncc1Cl.O=C(O)C(F)(F)F. The van der Waals surface area contributed by atoms with Crippen LogP contribution in [-0.4, -0.2) is 82.2 Å². The fraction of sp³-hybridized carbons (Fsp3) is 0.345. The molecule has 4 aromatic rings. The van der Waals surface area contributed by atoms with E-state index in [4.69, 9.17) is 42.6 Å². The van der Waals surface area contributed by atoms with E-state index in [0.29, 0.717) is 44.2 Å². The molecule has 1 aromatic carbocycles. The number of benzene rings is 1. The number of H-pyrrole nitrogens is 1. The van der Waals surface area contributed by atoms with Crippen molar-refractivity contribution >= 4 is 45.9 Å². The number of alkyl halides is 3. The lowest BCUT2D eigenvalue weighted by Crippen LogP contribution is -2.67. The molecule has 11 nitrogen and oxygen atoms in total. The van der Waals surface area contributed by atoms with Crippen molar-refractivity contribution < 1.29 is 32.5 Å². The highest BCUT2D eigenvalue weighted by molar-refractivity contribution is 6.35. The van der Waals surface area contributed by atoms with Gasteiger partial charge >= 0.3 is 12.1 Å². The maximum Gasteiger partial charge on any atom is 0.490 e. The van der Waals surface area contributed by atoms with Crippen molar-refractivity contribution in [3.05, 3.63) is 58.0 Å². The number of carboxylic acid groups (broad SMARTS) is 1. The van der Waals surface area contributed by atoms with Crippen molar-refractivity contribution in [2.75, 3.05) is 39.2 Å². The lowest BCUT2D eigenvalue weighted by atomic mass is 9.90. The number of nitrogens with one attached hydrogen (secondary N) is 1. The number of likely N-dealkylation sites (N-methyl/N-ethyl adjacent to an activating group) is 1. The molecule has 0 aliphatic carbocycles. The molecule has 2 N–H and O–H groups in total. The minimum atomic E-state index is -5.08. The summed E-state index contributed by atoms with van der Waals surface area (Å²) in [7, 11) is 5.70.